The minimum Gasteiger partial charge on any atom is -0.484 e. The average Bonchev–Trinajstić information content (AvgIpc) is 2.56. The third kappa shape index (κ3) is 4.19. The SMILES string of the molecule is CC(C)Cn1c(N)c(C(=O)COc2ccc(Br)cc2Cl)c(=O)n(C)c1=O. The second-order valence-corrected chi connectivity index (χ2v) is 7.52. The Balaban J connectivity index is 2.38. The van der Waals surface area contributed by atoms with Crippen molar-refractivity contribution >= 4 is 39.1 Å². The molecule has 2 N–H and O–H groups in total. The van der Waals surface area contributed by atoms with E-state index in [0.717, 1.165) is 9.04 Å². The molecule has 2 aromatic rings. The topological polar surface area (TPSA) is 96.3 Å². The minimum atomic E-state index is -0.747. The zero-order chi connectivity index (χ0) is 19.6. The predicted octanol–water partition coefficient (Wildman–Crippen LogP) is 2.46. The van der Waals surface area contributed by atoms with Gasteiger partial charge in [0, 0.05) is 18.1 Å². The molecule has 1 heterocycles. The Morgan fingerprint density at radius 2 is 2.00 bits per heavy atom. The number of hydrogen-bond acceptors (Lipinski definition) is 5. The van der Waals surface area contributed by atoms with Crippen LogP contribution in [0.15, 0.2) is 32.3 Å². The number of ether oxygens (including phenoxy) is 1. The number of aromatic nitrogens is 2. The fourth-order valence-electron chi connectivity index (χ4n) is 2.39. The highest BCUT2D eigenvalue weighted by molar-refractivity contribution is 9.10. The second kappa shape index (κ2) is 8.09. The van der Waals surface area contributed by atoms with E-state index in [4.69, 9.17) is 22.1 Å². The molecule has 1 aromatic carbocycles. The molecule has 0 fully saturated rings. The summed E-state index contributed by atoms with van der Waals surface area (Å²) in [4.78, 5) is 37.2. The third-order valence-corrected chi connectivity index (χ3v) is 4.45. The number of carbonyl (C=O) groups excluding carboxylic acids is 1. The highest BCUT2D eigenvalue weighted by atomic mass is 79.9. The Morgan fingerprint density at radius 1 is 1.35 bits per heavy atom. The second-order valence-electron chi connectivity index (χ2n) is 6.20. The largest absolute Gasteiger partial charge is 0.484 e. The molecule has 7 nitrogen and oxygen atoms in total. The Bertz CT molecular complexity index is 966. The number of benzene rings is 1. The van der Waals surface area contributed by atoms with Crippen molar-refractivity contribution in [3.05, 3.63) is 54.1 Å². The van der Waals surface area contributed by atoms with Gasteiger partial charge in [-0.25, -0.2) is 4.79 Å². The van der Waals surface area contributed by atoms with Crippen LogP contribution in [0.1, 0.15) is 24.2 Å². The van der Waals surface area contributed by atoms with E-state index in [1.165, 1.54) is 11.6 Å². The summed E-state index contributed by atoms with van der Waals surface area (Å²) in [6, 6.07) is 4.93. The fourth-order valence-corrected chi connectivity index (χ4v) is 3.12. The zero-order valence-corrected chi connectivity index (χ0v) is 16.9. The number of ketones is 1. The molecular formula is C17H19BrClN3O4. The van der Waals surface area contributed by atoms with Gasteiger partial charge in [-0.1, -0.05) is 41.4 Å². The quantitative estimate of drug-likeness (QED) is 0.691. The van der Waals surface area contributed by atoms with Crippen LogP contribution in [0.3, 0.4) is 0 Å². The molecule has 9 heteroatoms. The first-order valence-electron chi connectivity index (χ1n) is 7.83. The Kier molecular flexibility index (Phi) is 6.30. The average molecular weight is 445 g/mol. The van der Waals surface area contributed by atoms with E-state index in [1.807, 2.05) is 13.8 Å². The highest BCUT2D eigenvalue weighted by Crippen LogP contribution is 2.27. The molecule has 0 aliphatic rings. The predicted molar refractivity (Wildman–Crippen MR) is 104 cm³/mol. The van der Waals surface area contributed by atoms with E-state index in [1.54, 1.807) is 18.2 Å². The molecule has 0 bridgehead atoms. The minimum absolute atomic E-state index is 0.105. The lowest BCUT2D eigenvalue weighted by molar-refractivity contribution is 0.0919. The van der Waals surface area contributed by atoms with Crippen molar-refractivity contribution in [2.75, 3.05) is 12.3 Å². The van der Waals surface area contributed by atoms with Gasteiger partial charge in [0.25, 0.3) is 5.56 Å². The smallest absolute Gasteiger partial charge is 0.332 e. The lowest BCUT2D eigenvalue weighted by atomic mass is 10.1. The molecule has 26 heavy (non-hydrogen) atoms. The Labute approximate surface area is 163 Å². The van der Waals surface area contributed by atoms with Gasteiger partial charge < -0.3 is 10.5 Å². The van der Waals surface area contributed by atoms with Gasteiger partial charge in [0.1, 0.15) is 17.1 Å². The Morgan fingerprint density at radius 3 is 2.58 bits per heavy atom. The number of halogens is 2. The van der Waals surface area contributed by atoms with Crippen LogP contribution in [0.4, 0.5) is 5.82 Å². The number of rotatable bonds is 6. The number of nitrogens with zero attached hydrogens (tertiary/aromatic N) is 2. The maximum atomic E-state index is 12.6. The molecule has 0 amide bonds. The summed E-state index contributed by atoms with van der Waals surface area (Å²) in [7, 11) is 1.31. The summed E-state index contributed by atoms with van der Waals surface area (Å²) >= 11 is 9.32. The van der Waals surface area contributed by atoms with Crippen LogP contribution < -0.4 is 21.7 Å². The maximum absolute atomic E-state index is 12.6. The monoisotopic (exact) mass is 443 g/mol. The summed E-state index contributed by atoms with van der Waals surface area (Å²) in [6.07, 6.45) is 0. The van der Waals surface area contributed by atoms with E-state index in [2.05, 4.69) is 15.9 Å². The van der Waals surface area contributed by atoms with Gasteiger partial charge in [-0.2, -0.15) is 0 Å². The van der Waals surface area contributed by atoms with Crippen LogP contribution in [-0.4, -0.2) is 21.5 Å². The highest BCUT2D eigenvalue weighted by Gasteiger charge is 2.22. The van der Waals surface area contributed by atoms with Crippen LogP contribution in [0, 0.1) is 5.92 Å². The number of nitrogens with two attached hydrogens (primary N) is 1. The number of Topliss-reactive ketones (excluding diaryl/α,β-unsaturated/α-hetero) is 1. The molecule has 0 unspecified atom stereocenters. The maximum Gasteiger partial charge on any atom is 0.332 e. The van der Waals surface area contributed by atoms with Crippen molar-refractivity contribution in [3.8, 4) is 5.75 Å². The van der Waals surface area contributed by atoms with Crippen LogP contribution in [0.25, 0.3) is 0 Å². The molecule has 0 aliphatic carbocycles. The number of hydrogen-bond donors (Lipinski definition) is 1. The molecule has 0 saturated carbocycles. The zero-order valence-electron chi connectivity index (χ0n) is 14.6. The van der Waals surface area contributed by atoms with Crippen LogP contribution in [0.5, 0.6) is 5.75 Å². The van der Waals surface area contributed by atoms with Gasteiger partial charge >= 0.3 is 5.69 Å². The van der Waals surface area contributed by atoms with E-state index in [-0.39, 0.29) is 17.3 Å². The summed E-state index contributed by atoms with van der Waals surface area (Å²) in [6.45, 7) is 3.66. The molecular weight excluding hydrogens is 426 g/mol. The normalized spacial score (nSPS) is 11.0. The van der Waals surface area contributed by atoms with Crippen molar-refractivity contribution in [1.29, 1.82) is 0 Å². The number of nitrogen functional groups attached to an aromatic ring is 1. The fraction of sp³-hybridized carbons (Fsp3) is 0.353. The van der Waals surface area contributed by atoms with Gasteiger partial charge in [-0.15, -0.1) is 0 Å². The molecule has 0 saturated heterocycles. The first-order chi connectivity index (χ1) is 12.1. The van der Waals surface area contributed by atoms with E-state index in [9.17, 15) is 14.4 Å². The first kappa shape index (κ1) is 20.3. The molecule has 2 rings (SSSR count). The van der Waals surface area contributed by atoms with E-state index < -0.39 is 23.6 Å². The van der Waals surface area contributed by atoms with Crippen molar-refractivity contribution in [2.24, 2.45) is 13.0 Å². The summed E-state index contributed by atoms with van der Waals surface area (Å²) in [5.41, 5.74) is 4.39. The van der Waals surface area contributed by atoms with E-state index in [0.29, 0.717) is 17.3 Å². The van der Waals surface area contributed by atoms with Crippen molar-refractivity contribution in [3.63, 3.8) is 0 Å². The van der Waals surface area contributed by atoms with E-state index >= 15 is 0 Å². The molecule has 0 spiro atoms. The van der Waals surface area contributed by atoms with Crippen LogP contribution in [-0.2, 0) is 13.6 Å². The van der Waals surface area contributed by atoms with Gasteiger partial charge in [0.05, 0.1) is 5.02 Å². The van der Waals surface area contributed by atoms with Gasteiger partial charge in [-0.3, -0.25) is 18.7 Å². The van der Waals surface area contributed by atoms with Gasteiger partial charge in [-0.05, 0) is 24.1 Å². The third-order valence-electron chi connectivity index (χ3n) is 3.66. The first-order valence-corrected chi connectivity index (χ1v) is 9.01. The standard InChI is InChI=1S/C17H19BrClN3O4/c1-9(2)7-22-15(20)14(16(24)21(3)17(22)25)12(23)8-26-13-5-4-10(18)6-11(13)19/h4-6,9H,7-8,20H2,1-3H3. The number of carbonyl (C=O) groups is 1. The lowest BCUT2D eigenvalue weighted by Crippen LogP contribution is -2.43. The molecule has 1 aromatic heterocycles. The van der Waals surface area contributed by atoms with Crippen LogP contribution >= 0.6 is 27.5 Å². The van der Waals surface area contributed by atoms with Crippen molar-refractivity contribution in [1.82, 2.24) is 9.13 Å². The molecule has 0 aliphatic heterocycles. The van der Waals surface area contributed by atoms with Crippen molar-refractivity contribution in [2.45, 2.75) is 20.4 Å². The summed E-state index contributed by atoms with van der Waals surface area (Å²) in [5, 5.41) is 0.317. The molecule has 0 radical (unpaired) electrons. The van der Waals surface area contributed by atoms with Crippen LogP contribution in [0.2, 0.25) is 5.02 Å². The van der Waals surface area contributed by atoms with Gasteiger partial charge in [0.15, 0.2) is 6.61 Å². The Hall–Kier alpha value is -2.06. The lowest BCUT2D eigenvalue weighted by Gasteiger charge is -2.16. The summed E-state index contributed by atoms with van der Waals surface area (Å²) < 4.78 is 8.28. The number of anilines is 1. The molecule has 0 atom stereocenters. The van der Waals surface area contributed by atoms with Gasteiger partial charge in [0.2, 0.25) is 5.78 Å². The van der Waals surface area contributed by atoms with Crippen molar-refractivity contribution < 1.29 is 9.53 Å². The molecule has 140 valence electrons. The summed E-state index contributed by atoms with van der Waals surface area (Å²) in [5.74, 6) is -0.371.